The van der Waals surface area contributed by atoms with Crippen LogP contribution in [-0.4, -0.2) is 23.1 Å². The van der Waals surface area contributed by atoms with Gasteiger partial charge in [0.25, 0.3) is 0 Å². The van der Waals surface area contributed by atoms with Crippen LogP contribution in [-0.2, 0) is 4.79 Å². The van der Waals surface area contributed by atoms with Crippen molar-refractivity contribution in [2.75, 3.05) is 5.32 Å². The second-order valence-electron chi connectivity index (χ2n) is 5.80. The molecule has 0 heterocycles. The van der Waals surface area contributed by atoms with Crippen LogP contribution in [0.2, 0.25) is 0 Å². The van der Waals surface area contributed by atoms with Crippen LogP contribution in [0.15, 0.2) is 18.2 Å². The highest BCUT2D eigenvalue weighted by Gasteiger charge is 2.26. The number of nitrogens with one attached hydrogen (secondary N) is 2. The topological polar surface area (TPSA) is 78.4 Å². The van der Waals surface area contributed by atoms with E-state index in [1.165, 1.54) is 0 Å². The van der Waals surface area contributed by atoms with Gasteiger partial charge in [-0.1, -0.05) is 17.7 Å². The van der Waals surface area contributed by atoms with E-state index in [1.54, 1.807) is 0 Å². The van der Waals surface area contributed by atoms with Crippen molar-refractivity contribution in [3.8, 4) is 0 Å². The van der Waals surface area contributed by atoms with E-state index in [9.17, 15) is 9.59 Å². The predicted octanol–water partition coefficient (Wildman–Crippen LogP) is 3.07. The maximum Gasteiger partial charge on any atom is 0.319 e. The van der Waals surface area contributed by atoms with Gasteiger partial charge in [-0.05, 0) is 51.2 Å². The Kier molecular flexibility index (Phi) is 4.83. The predicted molar refractivity (Wildman–Crippen MR) is 81.5 cm³/mol. The first kappa shape index (κ1) is 15.4. The summed E-state index contributed by atoms with van der Waals surface area (Å²) in [4.78, 5) is 22.9. The van der Waals surface area contributed by atoms with Gasteiger partial charge < -0.3 is 15.7 Å². The van der Waals surface area contributed by atoms with Gasteiger partial charge in [0.1, 0.15) is 0 Å². The molecular weight excluding hydrogens is 268 g/mol. The zero-order valence-electron chi connectivity index (χ0n) is 12.5. The molecule has 1 fully saturated rings. The minimum absolute atomic E-state index is 0.0614. The average Bonchev–Trinajstić information content (AvgIpc) is 2.42. The lowest BCUT2D eigenvalue weighted by molar-refractivity contribution is -0.142. The summed E-state index contributed by atoms with van der Waals surface area (Å²) in [6.07, 6.45) is 2.70. The van der Waals surface area contributed by atoms with Gasteiger partial charge in [0.05, 0.1) is 5.92 Å². The molecule has 5 heteroatoms. The molecule has 1 aliphatic rings. The van der Waals surface area contributed by atoms with Crippen molar-refractivity contribution in [3.05, 3.63) is 29.3 Å². The van der Waals surface area contributed by atoms with Crippen LogP contribution >= 0.6 is 0 Å². The lowest BCUT2D eigenvalue weighted by Crippen LogP contribution is -2.41. The Morgan fingerprint density at radius 3 is 2.38 bits per heavy atom. The number of carbonyl (C=O) groups excluding carboxylic acids is 1. The van der Waals surface area contributed by atoms with Gasteiger partial charge in [-0.15, -0.1) is 0 Å². The van der Waals surface area contributed by atoms with Crippen molar-refractivity contribution >= 4 is 17.7 Å². The maximum atomic E-state index is 12.0. The molecule has 2 rings (SSSR count). The number of hydrogen-bond acceptors (Lipinski definition) is 2. The summed E-state index contributed by atoms with van der Waals surface area (Å²) in [5, 5.41) is 14.7. The minimum Gasteiger partial charge on any atom is -0.481 e. The molecule has 1 aromatic carbocycles. The van der Waals surface area contributed by atoms with Gasteiger partial charge in [0, 0.05) is 11.7 Å². The summed E-state index contributed by atoms with van der Waals surface area (Å²) in [5.41, 5.74) is 2.99. The summed E-state index contributed by atoms with van der Waals surface area (Å²) < 4.78 is 0. The Morgan fingerprint density at radius 1 is 1.14 bits per heavy atom. The van der Waals surface area contributed by atoms with Gasteiger partial charge in [-0.2, -0.15) is 0 Å². The fourth-order valence-corrected chi connectivity index (χ4v) is 2.78. The Morgan fingerprint density at radius 2 is 1.81 bits per heavy atom. The Balaban J connectivity index is 1.84. The molecular formula is C16H22N2O3. The zero-order valence-corrected chi connectivity index (χ0v) is 12.5. The molecule has 3 N–H and O–H groups in total. The lowest BCUT2D eigenvalue weighted by Gasteiger charge is -2.27. The van der Waals surface area contributed by atoms with E-state index in [0.29, 0.717) is 12.8 Å². The highest BCUT2D eigenvalue weighted by atomic mass is 16.4. The number of amides is 2. The molecule has 1 saturated carbocycles. The smallest absolute Gasteiger partial charge is 0.319 e. The third-order valence-electron chi connectivity index (χ3n) is 4.04. The first-order chi connectivity index (χ1) is 9.95. The first-order valence-electron chi connectivity index (χ1n) is 7.33. The summed E-state index contributed by atoms with van der Waals surface area (Å²) in [6, 6.07) is 5.71. The number of benzene rings is 1. The van der Waals surface area contributed by atoms with Crippen LogP contribution in [0, 0.1) is 19.8 Å². The van der Waals surface area contributed by atoms with Crippen LogP contribution < -0.4 is 10.6 Å². The lowest BCUT2D eigenvalue weighted by atomic mass is 9.86. The van der Waals surface area contributed by atoms with Crippen LogP contribution in [0.4, 0.5) is 10.5 Å². The molecule has 114 valence electrons. The molecule has 0 aliphatic heterocycles. The summed E-state index contributed by atoms with van der Waals surface area (Å²) in [6.45, 7) is 3.97. The number of carboxylic acids is 1. The molecule has 21 heavy (non-hydrogen) atoms. The van der Waals surface area contributed by atoms with Gasteiger partial charge in [-0.3, -0.25) is 4.79 Å². The van der Waals surface area contributed by atoms with Gasteiger partial charge in [0.2, 0.25) is 0 Å². The molecule has 0 saturated heterocycles. The molecule has 0 bridgehead atoms. The van der Waals surface area contributed by atoms with Crippen molar-refractivity contribution < 1.29 is 14.7 Å². The monoisotopic (exact) mass is 290 g/mol. The van der Waals surface area contributed by atoms with Crippen molar-refractivity contribution in [1.29, 1.82) is 0 Å². The van der Waals surface area contributed by atoms with Gasteiger partial charge >= 0.3 is 12.0 Å². The number of rotatable bonds is 3. The Bertz CT molecular complexity index is 534. The number of carboxylic acid groups (broad SMARTS) is 1. The van der Waals surface area contributed by atoms with E-state index in [-0.39, 0.29) is 18.0 Å². The maximum absolute atomic E-state index is 12.0. The fourth-order valence-electron chi connectivity index (χ4n) is 2.78. The molecule has 1 aromatic rings. The van der Waals surface area contributed by atoms with E-state index < -0.39 is 5.97 Å². The number of hydrogen-bond donors (Lipinski definition) is 3. The van der Waals surface area contributed by atoms with Crippen LogP contribution in [0.25, 0.3) is 0 Å². The third-order valence-corrected chi connectivity index (χ3v) is 4.04. The standard InChI is InChI=1S/C16H22N2O3/c1-10-3-8-14(11(2)9-10)18-16(21)17-13-6-4-12(5-7-13)15(19)20/h3,8-9,12-13H,4-7H2,1-2H3,(H,19,20)(H2,17,18,21). The highest BCUT2D eigenvalue weighted by Crippen LogP contribution is 2.24. The van der Waals surface area contributed by atoms with Crippen molar-refractivity contribution in [3.63, 3.8) is 0 Å². The molecule has 0 atom stereocenters. The SMILES string of the molecule is Cc1ccc(NC(=O)NC2CCC(C(=O)O)CC2)c(C)c1. The summed E-state index contributed by atoms with van der Waals surface area (Å²) in [5.74, 6) is -0.987. The second-order valence-corrected chi connectivity index (χ2v) is 5.80. The molecule has 0 spiro atoms. The normalized spacial score (nSPS) is 21.6. The molecule has 0 aromatic heterocycles. The van der Waals surface area contributed by atoms with Crippen molar-refractivity contribution in [2.24, 2.45) is 5.92 Å². The van der Waals surface area contributed by atoms with Crippen LogP contribution in [0.3, 0.4) is 0 Å². The number of urea groups is 1. The first-order valence-corrected chi connectivity index (χ1v) is 7.33. The van der Waals surface area contributed by atoms with Crippen LogP contribution in [0.5, 0.6) is 0 Å². The van der Waals surface area contributed by atoms with E-state index in [2.05, 4.69) is 10.6 Å². The third kappa shape index (κ3) is 4.21. The van der Waals surface area contributed by atoms with E-state index in [0.717, 1.165) is 29.7 Å². The minimum atomic E-state index is -0.729. The number of aryl methyl sites for hydroxylation is 2. The molecule has 5 nitrogen and oxygen atoms in total. The number of anilines is 1. The van der Waals surface area contributed by atoms with E-state index >= 15 is 0 Å². The summed E-state index contributed by atoms with van der Waals surface area (Å²) >= 11 is 0. The zero-order chi connectivity index (χ0) is 15.4. The number of carbonyl (C=O) groups is 2. The van der Waals surface area contributed by atoms with Crippen molar-refractivity contribution in [2.45, 2.75) is 45.6 Å². The van der Waals surface area contributed by atoms with Gasteiger partial charge in [0.15, 0.2) is 0 Å². The fraction of sp³-hybridized carbons (Fsp3) is 0.500. The average molecular weight is 290 g/mol. The Hall–Kier alpha value is -2.04. The molecule has 0 radical (unpaired) electrons. The highest BCUT2D eigenvalue weighted by molar-refractivity contribution is 5.90. The molecule has 0 unspecified atom stereocenters. The number of aliphatic carboxylic acids is 1. The molecule has 1 aliphatic carbocycles. The van der Waals surface area contributed by atoms with E-state index in [4.69, 9.17) is 5.11 Å². The van der Waals surface area contributed by atoms with Gasteiger partial charge in [-0.25, -0.2) is 4.79 Å². The van der Waals surface area contributed by atoms with E-state index in [1.807, 2.05) is 32.0 Å². The molecule has 2 amide bonds. The summed E-state index contributed by atoms with van der Waals surface area (Å²) in [7, 11) is 0. The second kappa shape index (κ2) is 6.61. The van der Waals surface area contributed by atoms with Crippen molar-refractivity contribution in [1.82, 2.24) is 5.32 Å². The quantitative estimate of drug-likeness (QED) is 0.800. The Labute approximate surface area is 124 Å². The largest absolute Gasteiger partial charge is 0.481 e. The van der Waals surface area contributed by atoms with Crippen LogP contribution in [0.1, 0.15) is 36.8 Å².